The molecule has 2 N–H and O–H groups in total. The van der Waals surface area contributed by atoms with Crippen LogP contribution in [-0.2, 0) is 6.42 Å². The maximum Gasteiger partial charge on any atom is 0.103 e. The molecule has 82 valence electrons. The van der Waals surface area contributed by atoms with Crippen molar-refractivity contribution in [1.29, 1.82) is 0 Å². The number of nitrogens with one attached hydrogen (secondary N) is 1. The van der Waals surface area contributed by atoms with Gasteiger partial charge in [0, 0.05) is 15.9 Å². The zero-order valence-corrected chi connectivity index (χ0v) is 9.38. The minimum absolute atomic E-state index is 0.738. The van der Waals surface area contributed by atoms with Crippen molar-refractivity contribution in [3.8, 4) is 0 Å². The molecule has 1 aromatic carbocycles. The van der Waals surface area contributed by atoms with Gasteiger partial charge < -0.3 is 10.2 Å². The van der Waals surface area contributed by atoms with Crippen LogP contribution in [0.15, 0.2) is 23.4 Å². The summed E-state index contributed by atoms with van der Waals surface area (Å²) in [5.41, 5.74) is 3.98. The lowest BCUT2D eigenvalue weighted by molar-refractivity contribution is 0.317. The predicted molar refractivity (Wildman–Crippen MR) is 64.6 cm³/mol. The second-order valence-electron chi connectivity index (χ2n) is 4.07. The van der Waals surface area contributed by atoms with Gasteiger partial charge in [-0.05, 0) is 43.0 Å². The van der Waals surface area contributed by atoms with Crippen LogP contribution in [0.1, 0.15) is 24.1 Å². The standard InChI is InChI=1S/C12H11ClN2O/c13-7-4-5-10-9(6-7)8-2-1-3-11(15-16)12(8)14-10/h4-6,14,16H,1-3H2/b15-11+. The molecule has 0 spiro atoms. The van der Waals surface area contributed by atoms with Gasteiger partial charge in [-0.3, -0.25) is 0 Å². The van der Waals surface area contributed by atoms with E-state index in [0.717, 1.165) is 46.6 Å². The van der Waals surface area contributed by atoms with E-state index in [2.05, 4.69) is 10.1 Å². The maximum absolute atomic E-state index is 8.96. The van der Waals surface area contributed by atoms with E-state index in [0.29, 0.717) is 0 Å². The topological polar surface area (TPSA) is 48.4 Å². The third-order valence-corrected chi connectivity index (χ3v) is 3.35. The summed E-state index contributed by atoms with van der Waals surface area (Å²) in [6, 6.07) is 5.79. The number of hydrogen-bond donors (Lipinski definition) is 2. The molecule has 0 aliphatic heterocycles. The normalized spacial score (nSPS) is 17.9. The van der Waals surface area contributed by atoms with Crippen LogP contribution >= 0.6 is 11.6 Å². The minimum Gasteiger partial charge on any atom is -0.411 e. The number of hydrogen-bond acceptors (Lipinski definition) is 2. The summed E-state index contributed by atoms with van der Waals surface area (Å²) in [6.45, 7) is 0. The summed E-state index contributed by atoms with van der Waals surface area (Å²) in [7, 11) is 0. The Morgan fingerprint density at radius 3 is 3.00 bits per heavy atom. The molecule has 16 heavy (non-hydrogen) atoms. The first-order valence-electron chi connectivity index (χ1n) is 5.31. The zero-order chi connectivity index (χ0) is 11.1. The van der Waals surface area contributed by atoms with Crippen molar-refractivity contribution in [2.45, 2.75) is 19.3 Å². The van der Waals surface area contributed by atoms with Crippen LogP contribution in [0.25, 0.3) is 10.9 Å². The van der Waals surface area contributed by atoms with Crippen molar-refractivity contribution in [1.82, 2.24) is 4.98 Å². The Kier molecular flexibility index (Phi) is 2.14. The minimum atomic E-state index is 0.738. The average Bonchev–Trinajstić information content (AvgIpc) is 2.67. The van der Waals surface area contributed by atoms with Crippen LogP contribution < -0.4 is 0 Å². The molecule has 0 unspecified atom stereocenters. The Labute approximate surface area is 97.7 Å². The van der Waals surface area contributed by atoms with E-state index in [1.807, 2.05) is 18.2 Å². The molecule has 0 radical (unpaired) electrons. The lowest BCUT2D eigenvalue weighted by Gasteiger charge is -2.12. The largest absolute Gasteiger partial charge is 0.411 e. The first kappa shape index (κ1) is 9.73. The molecule has 0 amide bonds. The number of H-pyrrole nitrogens is 1. The van der Waals surface area contributed by atoms with Crippen molar-refractivity contribution < 1.29 is 5.21 Å². The third kappa shape index (κ3) is 1.32. The summed E-state index contributed by atoms with van der Waals surface area (Å²) in [5, 5.41) is 14.2. The number of fused-ring (bicyclic) bond motifs is 3. The van der Waals surface area contributed by atoms with Gasteiger partial charge >= 0.3 is 0 Å². The summed E-state index contributed by atoms with van der Waals surface area (Å²) in [6.07, 6.45) is 2.85. The summed E-state index contributed by atoms with van der Waals surface area (Å²) < 4.78 is 0. The van der Waals surface area contributed by atoms with Crippen LogP contribution in [0.3, 0.4) is 0 Å². The van der Waals surface area contributed by atoms with Crippen LogP contribution in [0, 0.1) is 0 Å². The molecule has 1 aliphatic rings. The highest BCUT2D eigenvalue weighted by molar-refractivity contribution is 6.31. The number of rotatable bonds is 0. The highest BCUT2D eigenvalue weighted by Gasteiger charge is 2.20. The van der Waals surface area contributed by atoms with Crippen molar-refractivity contribution >= 4 is 28.2 Å². The number of aryl methyl sites for hydroxylation is 1. The summed E-state index contributed by atoms with van der Waals surface area (Å²) >= 11 is 5.99. The summed E-state index contributed by atoms with van der Waals surface area (Å²) in [5.74, 6) is 0. The third-order valence-electron chi connectivity index (χ3n) is 3.12. The monoisotopic (exact) mass is 234 g/mol. The quantitative estimate of drug-likeness (QED) is 0.533. The lowest BCUT2D eigenvalue weighted by atomic mass is 9.94. The van der Waals surface area contributed by atoms with Gasteiger partial charge in [0.15, 0.2) is 0 Å². The Balaban J connectivity index is 2.33. The first-order valence-corrected chi connectivity index (χ1v) is 5.69. The van der Waals surface area contributed by atoms with E-state index in [9.17, 15) is 0 Å². The molecule has 0 fully saturated rings. The highest BCUT2D eigenvalue weighted by atomic mass is 35.5. The van der Waals surface area contributed by atoms with Gasteiger partial charge in [-0.25, -0.2) is 0 Å². The average molecular weight is 235 g/mol. The Hall–Kier alpha value is -1.48. The van der Waals surface area contributed by atoms with E-state index >= 15 is 0 Å². The van der Waals surface area contributed by atoms with E-state index in [4.69, 9.17) is 16.8 Å². The molecule has 3 rings (SSSR count). The SMILES string of the molecule is O/N=C1\CCCc2c1[nH]c1ccc(Cl)cc21. The van der Waals surface area contributed by atoms with Gasteiger partial charge in [-0.2, -0.15) is 0 Å². The van der Waals surface area contributed by atoms with E-state index in [1.54, 1.807) is 0 Å². The smallest absolute Gasteiger partial charge is 0.103 e. The van der Waals surface area contributed by atoms with Gasteiger partial charge in [0.25, 0.3) is 0 Å². The zero-order valence-electron chi connectivity index (χ0n) is 8.63. The van der Waals surface area contributed by atoms with Crippen molar-refractivity contribution in [2.24, 2.45) is 5.16 Å². The molecular formula is C12H11ClN2O. The van der Waals surface area contributed by atoms with Gasteiger partial charge in [-0.1, -0.05) is 16.8 Å². The number of nitrogens with zero attached hydrogens (tertiary/aromatic N) is 1. The van der Waals surface area contributed by atoms with E-state index < -0.39 is 0 Å². The maximum atomic E-state index is 8.96. The lowest BCUT2D eigenvalue weighted by Crippen LogP contribution is -2.10. The van der Waals surface area contributed by atoms with E-state index in [1.165, 1.54) is 5.56 Å². The highest BCUT2D eigenvalue weighted by Crippen LogP contribution is 2.30. The second kappa shape index (κ2) is 3.52. The van der Waals surface area contributed by atoms with Gasteiger partial charge in [-0.15, -0.1) is 0 Å². The number of oxime groups is 1. The van der Waals surface area contributed by atoms with Crippen LogP contribution in [0.2, 0.25) is 5.02 Å². The van der Waals surface area contributed by atoms with Crippen molar-refractivity contribution in [2.75, 3.05) is 0 Å². The molecule has 2 aromatic rings. The first-order chi connectivity index (χ1) is 7.79. The van der Waals surface area contributed by atoms with Gasteiger partial charge in [0.2, 0.25) is 0 Å². The van der Waals surface area contributed by atoms with Crippen molar-refractivity contribution in [3.05, 3.63) is 34.5 Å². The molecule has 0 saturated heterocycles. The molecule has 1 heterocycles. The van der Waals surface area contributed by atoms with E-state index in [-0.39, 0.29) is 0 Å². The number of aromatic amines is 1. The molecule has 0 saturated carbocycles. The molecule has 0 bridgehead atoms. The van der Waals surface area contributed by atoms with Crippen LogP contribution in [-0.4, -0.2) is 15.9 Å². The predicted octanol–water partition coefficient (Wildman–Crippen LogP) is 3.34. The van der Waals surface area contributed by atoms with Crippen LogP contribution in [0.4, 0.5) is 0 Å². The molecule has 3 nitrogen and oxygen atoms in total. The number of halogens is 1. The fourth-order valence-electron chi connectivity index (χ4n) is 2.38. The van der Waals surface area contributed by atoms with Gasteiger partial charge in [0.1, 0.15) is 5.71 Å². The van der Waals surface area contributed by atoms with Crippen molar-refractivity contribution in [3.63, 3.8) is 0 Å². The fraction of sp³-hybridized carbons (Fsp3) is 0.250. The molecule has 0 atom stereocenters. The molecule has 1 aliphatic carbocycles. The number of benzene rings is 1. The Morgan fingerprint density at radius 2 is 2.19 bits per heavy atom. The Bertz CT molecular complexity index is 586. The Morgan fingerprint density at radius 1 is 1.31 bits per heavy atom. The van der Waals surface area contributed by atoms with Gasteiger partial charge in [0.05, 0.1) is 5.69 Å². The number of aromatic nitrogens is 1. The fourth-order valence-corrected chi connectivity index (χ4v) is 2.56. The second-order valence-corrected chi connectivity index (χ2v) is 4.51. The molecular weight excluding hydrogens is 224 g/mol. The molecule has 4 heteroatoms. The summed E-state index contributed by atoms with van der Waals surface area (Å²) in [4.78, 5) is 3.29. The van der Waals surface area contributed by atoms with Crippen LogP contribution in [0.5, 0.6) is 0 Å². The molecule has 1 aromatic heterocycles.